The van der Waals surface area contributed by atoms with Gasteiger partial charge >= 0.3 is 0 Å². The highest BCUT2D eigenvalue weighted by atomic mass is 15.1. The van der Waals surface area contributed by atoms with E-state index in [1.165, 1.54) is 82.3 Å². The molecule has 300 valence electrons. The summed E-state index contributed by atoms with van der Waals surface area (Å²) < 4.78 is 2.39. The summed E-state index contributed by atoms with van der Waals surface area (Å²) in [6, 6.07) is 92.7. The van der Waals surface area contributed by atoms with E-state index in [0.29, 0.717) is 0 Å². The lowest BCUT2D eigenvalue weighted by atomic mass is 9.95. The maximum Gasteiger partial charge on any atom is 0.0547 e. The fraction of sp³-hybridized carbons (Fsp3) is 0. The Morgan fingerprint density at radius 2 is 0.750 bits per heavy atom. The third kappa shape index (κ3) is 6.70. The number of hydrogen-bond donors (Lipinski definition) is 0. The summed E-state index contributed by atoms with van der Waals surface area (Å²) in [6.45, 7) is 0. The largest absolute Gasteiger partial charge is 0.310 e. The van der Waals surface area contributed by atoms with Gasteiger partial charge in [0.15, 0.2) is 0 Å². The Balaban J connectivity index is 0.945. The zero-order chi connectivity index (χ0) is 42.4. The van der Waals surface area contributed by atoms with Crippen LogP contribution >= 0.6 is 0 Å². The second-order valence-electron chi connectivity index (χ2n) is 16.6. The van der Waals surface area contributed by atoms with Crippen molar-refractivity contribution < 1.29 is 0 Å². The quantitative estimate of drug-likeness (QED) is 0.148. The average molecular weight is 815 g/mol. The minimum Gasteiger partial charge on any atom is -0.310 e. The maximum absolute atomic E-state index is 2.39. The lowest BCUT2D eigenvalue weighted by Crippen LogP contribution is -2.10. The molecule has 1 aromatic heterocycles. The molecule has 0 N–H and O–H groups in total. The van der Waals surface area contributed by atoms with E-state index in [9.17, 15) is 0 Å². The molecule has 0 fully saturated rings. The van der Waals surface area contributed by atoms with E-state index in [1.807, 2.05) is 0 Å². The Kier molecular flexibility index (Phi) is 9.20. The molecule has 1 heterocycles. The number of benzene rings is 11. The Morgan fingerprint density at radius 1 is 0.266 bits per heavy atom. The molecule has 0 bridgehead atoms. The van der Waals surface area contributed by atoms with Crippen molar-refractivity contribution in [1.29, 1.82) is 0 Å². The van der Waals surface area contributed by atoms with Gasteiger partial charge in [0.2, 0.25) is 0 Å². The number of aromatic nitrogens is 1. The highest BCUT2D eigenvalue weighted by molar-refractivity contribution is 6.16. The van der Waals surface area contributed by atoms with E-state index >= 15 is 0 Å². The Morgan fingerprint density at radius 3 is 1.41 bits per heavy atom. The number of nitrogens with zero attached hydrogens (tertiary/aromatic N) is 2. The molecule has 0 saturated heterocycles. The van der Waals surface area contributed by atoms with Crippen LogP contribution in [0.3, 0.4) is 0 Å². The van der Waals surface area contributed by atoms with Crippen molar-refractivity contribution in [2.75, 3.05) is 4.90 Å². The first-order valence-electron chi connectivity index (χ1n) is 22.0. The molecule has 0 radical (unpaired) electrons. The second kappa shape index (κ2) is 15.8. The smallest absolute Gasteiger partial charge is 0.0547 e. The third-order valence-electron chi connectivity index (χ3n) is 12.7. The van der Waals surface area contributed by atoms with Crippen molar-refractivity contribution in [2.24, 2.45) is 0 Å². The van der Waals surface area contributed by atoms with E-state index in [-0.39, 0.29) is 0 Å². The molecule has 11 aromatic carbocycles. The molecular formula is C62H42N2. The van der Waals surface area contributed by atoms with Crippen LogP contribution in [-0.4, -0.2) is 4.57 Å². The van der Waals surface area contributed by atoms with Crippen LogP contribution < -0.4 is 4.90 Å². The summed E-state index contributed by atoms with van der Waals surface area (Å²) in [7, 11) is 0. The van der Waals surface area contributed by atoms with Crippen LogP contribution in [0.2, 0.25) is 0 Å². The molecule has 0 spiro atoms. The van der Waals surface area contributed by atoms with Gasteiger partial charge in [-0.05, 0) is 145 Å². The maximum atomic E-state index is 2.39. The van der Waals surface area contributed by atoms with Crippen molar-refractivity contribution in [3.05, 3.63) is 255 Å². The summed E-state index contributed by atoms with van der Waals surface area (Å²) in [5.41, 5.74) is 16.4. The van der Waals surface area contributed by atoms with Crippen molar-refractivity contribution in [3.8, 4) is 50.2 Å². The van der Waals surface area contributed by atoms with Gasteiger partial charge in [-0.1, -0.05) is 176 Å². The van der Waals surface area contributed by atoms with Crippen molar-refractivity contribution in [2.45, 2.75) is 0 Å². The van der Waals surface area contributed by atoms with Crippen LogP contribution in [0.5, 0.6) is 0 Å². The normalized spacial score (nSPS) is 11.4. The number of anilines is 3. The standard InChI is InChI=1S/C62H42N2/c1-2-20-54(21-3-1)64-60-25-9-8-23-59(60)62-58(24-12-26-61(62)64)53-19-10-17-49(41-53)50-18-11-22-57(42-50)63(55-35-31-45(32-36-55)51-29-27-43-13-4-6-15-47(43)39-51)56-37-33-46(34-38-56)52-30-28-44-14-5-7-16-48(44)40-52/h1-42H. The van der Waals surface area contributed by atoms with Crippen molar-refractivity contribution in [3.63, 3.8) is 0 Å². The van der Waals surface area contributed by atoms with E-state index in [1.54, 1.807) is 0 Å². The predicted molar refractivity (Wildman–Crippen MR) is 272 cm³/mol. The van der Waals surface area contributed by atoms with Crippen LogP contribution in [0.15, 0.2) is 255 Å². The molecule has 0 aliphatic rings. The van der Waals surface area contributed by atoms with Gasteiger partial charge in [0.05, 0.1) is 11.0 Å². The summed E-state index contributed by atoms with van der Waals surface area (Å²) in [5, 5.41) is 7.50. The molecule has 0 atom stereocenters. The van der Waals surface area contributed by atoms with Gasteiger partial charge in [0.25, 0.3) is 0 Å². The Labute approximate surface area is 373 Å². The highest BCUT2D eigenvalue weighted by Gasteiger charge is 2.18. The van der Waals surface area contributed by atoms with Gasteiger partial charge < -0.3 is 9.47 Å². The van der Waals surface area contributed by atoms with Gasteiger partial charge in [-0.25, -0.2) is 0 Å². The summed E-state index contributed by atoms with van der Waals surface area (Å²) >= 11 is 0. The topological polar surface area (TPSA) is 8.17 Å². The van der Waals surface area contributed by atoms with Gasteiger partial charge in [0.1, 0.15) is 0 Å². The van der Waals surface area contributed by atoms with Crippen molar-refractivity contribution in [1.82, 2.24) is 4.57 Å². The minimum absolute atomic E-state index is 1.09. The van der Waals surface area contributed by atoms with E-state index in [4.69, 9.17) is 0 Å². The zero-order valence-electron chi connectivity index (χ0n) is 35.1. The third-order valence-corrected chi connectivity index (χ3v) is 12.7. The van der Waals surface area contributed by atoms with Crippen molar-refractivity contribution >= 4 is 60.4 Å². The van der Waals surface area contributed by atoms with E-state index in [2.05, 4.69) is 264 Å². The first kappa shape index (κ1) is 37.3. The molecule has 64 heavy (non-hydrogen) atoms. The lowest BCUT2D eigenvalue weighted by molar-refractivity contribution is 1.18. The van der Waals surface area contributed by atoms with Crippen LogP contribution in [0, 0.1) is 0 Å². The first-order valence-corrected chi connectivity index (χ1v) is 22.0. The summed E-state index contributed by atoms with van der Waals surface area (Å²) in [6.07, 6.45) is 0. The second-order valence-corrected chi connectivity index (χ2v) is 16.6. The van der Waals surface area contributed by atoms with E-state index < -0.39 is 0 Å². The fourth-order valence-electron chi connectivity index (χ4n) is 9.60. The van der Waals surface area contributed by atoms with Gasteiger partial charge in [0, 0.05) is 33.5 Å². The monoisotopic (exact) mass is 814 g/mol. The molecule has 12 rings (SSSR count). The minimum atomic E-state index is 1.09. The Bertz CT molecular complexity index is 3530. The first-order chi connectivity index (χ1) is 31.7. The molecule has 0 saturated carbocycles. The number of fused-ring (bicyclic) bond motifs is 5. The molecule has 2 nitrogen and oxygen atoms in total. The van der Waals surface area contributed by atoms with E-state index in [0.717, 1.165) is 28.3 Å². The van der Waals surface area contributed by atoms with Gasteiger partial charge in [-0.2, -0.15) is 0 Å². The number of hydrogen-bond acceptors (Lipinski definition) is 1. The molecule has 0 unspecified atom stereocenters. The van der Waals surface area contributed by atoms with Crippen LogP contribution in [-0.2, 0) is 0 Å². The average Bonchev–Trinajstić information content (AvgIpc) is 3.72. The summed E-state index contributed by atoms with van der Waals surface area (Å²) in [5.74, 6) is 0. The Hall–Kier alpha value is -8.46. The fourth-order valence-corrected chi connectivity index (χ4v) is 9.60. The van der Waals surface area contributed by atoms with Crippen LogP contribution in [0.25, 0.3) is 93.5 Å². The van der Waals surface area contributed by atoms with Crippen LogP contribution in [0.4, 0.5) is 17.1 Å². The zero-order valence-corrected chi connectivity index (χ0v) is 35.1. The molecule has 12 aromatic rings. The number of rotatable bonds is 8. The molecule has 0 amide bonds. The molecule has 0 aliphatic heterocycles. The SMILES string of the molecule is c1ccc(-n2c3ccccc3c3c(-c4cccc(-c5cccc(N(c6ccc(-c7ccc8ccccc8c7)cc6)c6ccc(-c7ccc8ccccc8c7)cc6)c5)c4)cccc32)cc1. The summed E-state index contributed by atoms with van der Waals surface area (Å²) in [4.78, 5) is 2.38. The van der Waals surface area contributed by atoms with Gasteiger partial charge in [-0.15, -0.1) is 0 Å². The molecule has 2 heteroatoms. The molecular weight excluding hydrogens is 773 g/mol. The predicted octanol–water partition coefficient (Wildman–Crippen LogP) is 17.2. The molecule has 0 aliphatic carbocycles. The lowest BCUT2D eigenvalue weighted by Gasteiger charge is -2.26. The number of para-hydroxylation sites is 2. The highest BCUT2D eigenvalue weighted by Crippen LogP contribution is 2.42. The van der Waals surface area contributed by atoms with Crippen LogP contribution in [0.1, 0.15) is 0 Å². The van der Waals surface area contributed by atoms with Gasteiger partial charge in [-0.3, -0.25) is 0 Å².